The number of nitrogens with zero attached hydrogens (tertiary/aromatic N) is 1. The van der Waals surface area contributed by atoms with Crippen LogP contribution in [0.1, 0.15) is 12.0 Å². The summed E-state index contributed by atoms with van der Waals surface area (Å²) < 4.78 is 39.5. The number of halogens is 3. The van der Waals surface area contributed by atoms with Crippen molar-refractivity contribution in [3.63, 3.8) is 0 Å². The minimum absolute atomic E-state index is 0.168. The van der Waals surface area contributed by atoms with Crippen LogP contribution < -0.4 is 11.5 Å². The van der Waals surface area contributed by atoms with Crippen molar-refractivity contribution in [2.24, 2.45) is 5.73 Å². The molecule has 0 atom stereocenters. The van der Waals surface area contributed by atoms with Crippen LogP contribution in [0, 0.1) is 0 Å². The van der Waals surface area contributed by atoms with Gasteiger partial charge in [-0.15, -0.1) is 0 Å². The molecule has 1 heterocycles. The molecule has 3 rings (SSSR count). The van der Waals surface area contributed by atoms with Gasteiger partial charge in [-0.3, -0.25) is 0 Å². The van der Waals surface area contributed by atoms with Crippen molar-refractivity contribution in [2.75, 3.05) is 5.73 Å². The number of alkyl halides is 3. The first-order chi connectivity index (χ1) is 11.7. The van der Waals surface area contributed by atoms with E-state index >= 15 is 0 Å². The molecule has 0 spiro atoms. The average Bonchev–Trinajstić information content (AvgIpc) is 2.90. The molecule has 0 aliphatic rings. The van der Waals surface area contributed by atoms with E-state index in [0.29, 0.717) is 16.8 Å². The second-order valence-electron chi connectivity index (χ2n) is 5.82. The molecule has 0 saturated heterocycles. The largest absolute Gasteiger partial charge is 0.399 e. The maximum atomic E-state index is 12.6. The first-order valence-electron chi connectivity index (χ1n) is 7.60. The Labute approximate surface area is 148 Å². The van der Waals surface area contributed by atoms with Gasteiger partial charge >= 0.3 is 6.18 Å². The molecule has 2 aromatic carbocycles. The minimum Gasteiger partial charge on any atom is -0.399 e. The van der Waals surface area contributed by atoms with Crippen LogP contribution in [0.2, 0.25) is 0 Å². The molecule has 3 aromatic rings. The molecular weight excluding hydrogens is 347 g/mol. The molecular formula is C18H16F3N3S. The number of anilines is 1. The number of aromatic nitrogens is 1. The molecule has 130 valence electrons. The summed E-state index contributed by atoms with van der Waals surface area (Å²) in [5.74, 6) is 0. The topological polar surface area (TPSA) is 57.0 Å². The van der Waals surface area contributed by atoms with Crippen LogP contribution in [0.15, 0.2) is 48.7 Å². The summed E-state index contributed by atoms with van der Waals surface area (Å²) in [7, 11) is 0. The highest BCUT2D eigenvalue weighted by Crippen LogP contribution is 2.33. The van der Waals surface area contributed by atoms with Crippen molar-refractivity contribution in [2.45, 2.75) is 19.1 Å². The molecule has 3 nitrogen and oxygen atoms in total. The van der Waals surface area contributed by atoms with Gasteiger partial charge in [-0.2, -0.15) is 13.2 Å². The number of hydrogen-bond donors (Lipinski definition) is 2. The highest BCUT2D eigenvalue weighted by atomic mass is 32.1. The number of hydrogen-bond acceptors (Lipinski definition) is 2. The van der Waals surface area contributed by atoms with Gasteiger partial charge < -0.3 is 16.0 Å². The maximum absolute atomic E-state index is 12.6. The van der Waals surface area contributed by atoms with E-state index in [9.17, 15) is 13.2 Å². The summed E-state index contributed by atoms with van der Waals surface area (Å²) in [6.45, 7) is -0.168. The van der Waals surface area contributed by atoms with Crippen LogP contribution in [-0.4, -0.2) is 15.7 Å². The van der Waals surface area contributed by atoms with Gasteiger partial charge in [0, 0.05) is 34.9 Å². The second kappa shape index (κ2) is 6.40. The molecule has 0 aliphatic heterocycles. The Balaban J connectivity index is 2.12. The lowest BCUT2D eigenvalue weighted by molar-refractivity contribution is -0.136. The number of aryl methyl sites for hydroxylation is 1. The average molecular weight is 363 g/mol. The van der Waals surface area contributed by atoms with Gasteiger partial charge in [0.05, 0.1) is 11.9 Å². The van der Waals surface area contributed by atoms with Crippen LogP contribution in [0.4, 0.5) is 18.9 Å². The Morgan fingerprint density at radius 2 is 1.88 bits per heavy atom. The summed E-state index contributed by atoms with van der Waals surface area (Å²) >= 11 is 5.00. The normalized spacial score (nSPS) is 11.8. The van der Waals surface area contributed by atoms with Crippen LogP contribution >= 0.6 is 12.2 Å². The predicted molar refractivity (Wildman–Crippen MR) is 98.3 cm³/mol. The number of nitrogens with two attached hydrogens (primary N) is 2. The van der Waals surface area contributed by atoms with E-state index in [0.717, 1.165) is 16.5 Å². The number of fused-ring (bicyclic) bond motifs is 1. The van der Waals surface area contributed by atoms with Crippen molar-refractivity contribution in [1.29, 1.82) is 0 Å². The summed E-state index contributed by atoms with van der Waals surface area (Å²) in [5, 5.41) is 0.830. The molecule has 0 aliphatic carbocycles. The lowest BCUT2D eigenvalue weighted by Gasteiger charge is -2.08. The van der Waals surface area contributed by atoms with Gasteiger partial charge in [-0.05, 0) is 23.8 Å². The van der Waals surface area contributed by atoms with Crippen molar-refractivity contribution >= 4 is 33.8 Å². The molecule has 0 fully saturated rings. The fraction of sp³-hybridized carbons (Fsp3) is 0.167. The van der Waals surface area contributed by atoms with E-state index < -0.39 is 12.6 Å². The molecule has 0 bridgehead atoms. The van der Waals surface area contributed by atoms with Crippen molar-refractivity contribution in [3.05, 3.63) is 54.2 Å². The van der Waals surface area contributed by atoms with Crippen LogP contribution in [-0.2, 0) is 6.54 Å². The van der Waals surface area contributed by atoms with Crippen molar-refractivity contribution in [3.8, 4) is 11.1 Å². The lowest BCUT2D eigenvalue weighted by Crippen LogP contribution is -2.11. The third kappa shape index (κ3) is 3.76. The Morgan fingerprint density at radius 3 is 2.56 bits per heavy atom. The SMILES string of the molecule is NC(=S)c1cccc(-c2cn(CCC(F)(F)F)c3cc(N)ccc23)c1. The van der Waals surface area contributed by atoms with E-state index in [1.54, 1.807) is 29.0 Å². The number of rotatable bonds is 4. The minimum atomic E-state index is -4.22. The highest BCUT2D eigenvalue weighted by Gasteiger charge is 2.27. The zero-order chi connectivity index (χ0) is 18.2. The second-order valence-corrected chi connectivity index (χ2v) is 6.26. The third-order valence-corrected chi connectivity index (χ3v) is 4.24. The van der Waals surface area contributed by atoms with Gasteiger partial charge in [0.2, 0.25) is 0 Å². The smallest absolute Gasteiger partial charge is 0.390 e. The van der Waals surface area contributed by atoms with E-state index in [-0.39, 0.29) is 11.5 Å². The van der Waals surface area contributed by atoms with Crippen molar-refractivity contribution < 1.29 is 13.2 Å². The van der Waals surface area contributed by atoms with Crippen LogP contribution in [0.5, 0.6) is 0 Å². The fourth-order valence-electron chi connectivity index (χ4n) is 2.81. The summed E-state index contributed by atoms with van der Waals surface area (Å²) in [4.78, 5) is 0.270. The molecule has 25 heavy (non-hydrogen) atoms. The quantitative estimate of drug-likeness (QED) is 0.531. The number of nitrogen functional groups attached to an aromatic ring is 1. The monoisotopic (exact) mass is 363 g/mol. The van der Waals surface area contributed by atoms with Crippen molar-refractivity contribution in [1.82, 2.24) is 4.57 Å². The summed E-state index contributed by atoms with van der Waals surface area (Å²) in [6.07, 6.45) is -3.41. The van der Waals surface area contributed by atoms with E-state index in [2.05, 4.69) is 0 Å². The number of benzene rings is 2. The van der Waals surface area contributed by atoms with Crippen LogP contribution in [0.25, 0.3) is 22.0 Å². The molecule has 1 aromatic heterocycles. The standard InChI is InChI=1S/C18H16F3N3S/c19-18(20,21)6-7-24-10-15(14-5-4-13(22)9-16(14)24)11-2-1-3-12(8-11)17(23)25/h1-5,8-10H,6-7,22H2,(H2,23,25). The Kier molecular flexibility index (Phi) is 4.43. The first kappa shape index (κ1) is 17.3. The van der Waals surface area contributed by atoms with Gasteiger partial charge in [-0.1, -0.05) is 36.5 Å². The predicted octanol–water partition coefficient (Wildman–Crippen LogP) is 4.48. The molecule has 0 unspecified atom stereocenters. The molecule has 0 radical (unpaired) electrons. The van der Waals surface area contributed by atoms with Gasteiger partial charge in [-0.25, -0.2) is 0 Å². The maximum Gasteiger partial charge on any atom is 0.390 e. The number of thiocarbonyl (C=S) groups is 1. The molecule has 0 saturated carbocycles. The van der Waals surface area contributed by atoms with E-state index in [1.807, 2.05) is 24.3 Å². The molecule has 4 N–H and O–H groups in total. The van der Waals surface area contributed by atoms with Gasteiger partial charge in [0.1, 0.15) is 4.99 Å². The first-order valence-corrected chi connectivity index (χ1v) is 8.01. The Bertz CT molecular complexity index is 944. The highest BCUT2D eigenvalue weighted by molar-refractivity contribution is 7.80. The van der Waals surface area contributed by atoms with Gasteiger partial charge in [0.15, 0.2) is 0 Å². The van der Waals surface area contributed by atoms with E-state index in [4.69, 9.17) is 23.7 Å². The zero-order valence-corrected chi connectivity index (χ0v) is 14.0. The zero-order valence-electron chi connectivity index (χ0n) is 13.2. The van der Waals surface area contributed by atoms with E-state index in [1.165, 1.54) is 0 Å². The fourth-order valence-corrected chi connectivity index (χ4v) is 2.94. The summed E-state index contributed by atoms with van der Waals surface area (Å²) in [5.41, 5.74) is 15.0. The molecule has 0 amide bonds. The Hall–Kier alpha value is -2.54. The summed E-state index contributed by atoms with van der Waals surface area (Å²) in [6, 6.07) is 12.6. The lowest BCUT2D eigenvalue weighted by atomic mass is 10.0. The van der Waals surface area contributed by atoms with Crippen LogP contribution in [0.3, 0.4) is 0 Å². The molecule has 7 heteroatoms. The van der Waals surface area contributed by atoms with Gasteiger partial charge in [0.25, 0.3) is 0 Å². The third-order valence-electron chi connectivity index (χ3n) is 4.00. The Morgan fingerprint density at radius 1 is 1.12 bits per heavy atom.